The van der Waals surface area contributed by atoms with Crippen molar-refractivity contribution in [3.8, 4) is 6.07 Å². The minimum atomic E-state index is -4.33. The highest BCUT2D eigenvalue weighted by molar-refractivity contribution is 7.89. The summed E-state index contributed by atoms with van der Waals surface area (Å²) in [4.78, 5) is 23.8. The molecule has 8 nitrogen and oxygen atoms in total. The van der Waals surface area contributed by atoms with Gasteiger partial charge in [-0.05, 0) is 35.7 Å². The number of nitrogens with zero attached hydrogens (tertiary/aromatic N) is 1. The van der Waals surface area contributed by atoms with Gasteiger partial charge in [0.2, 0.25) is 10.0 Å². The lowest BCUT2D eigenvalue weighted by Gasteiger charge is -2.21. The van der Waals surface area contributed by atoms with E-state index in [1.807, 2.05) is 6.07 Å². The van der Waals surface area contributed by atoms with Crippen LogP contribution in [0.4, 0.5) is 10.1 Å². The van der Waals surface area contributed by atoms with Crippen molar-refractivity contribution < 1.29 is 27.1 Å². The summed E-state index contributed by atoms with van der Waals surface area (Å²) in [6.45, 7) is 2.53. The van der Waals surface area contributed by atoms with E-state index in [2.05, 4.69) is 10.0 Å². The molecule has 1 unspecified atom stereocenters. The van der Waals surface area contributed by atoms with Crippen molar-refractivity contribution >= 4 is 27.6 Å². The Morgan fingerprint density at radius 1 is 1.13 bits per heavy atom. The van der Waals surface area contributed by atoms with E-state index in [1.165, 1.54) is 12.1 Å². The van der Waals surface area contributed by atoms with Crippen molar-refractivity contribution in [2.45, 2.75) is 31.2 Å². The number of halogens is 1. The van der Waals surface area contributed by atoms with Crippen LogP contribution in [-0.2, 0) is 30.8 Å². The summed E-state index contributed by atoms with van der Waals surface area (Å²) in [5.74, 6) is -3.06. The summed E-state index contributed by atoms with van der Waals surface area (Å²) >= 11 is 0. The molecule has 0 saturated heterocycles. The molecule has 2 aromatic rings. The maximum Gasteiger partial charge on any atom is 0.324 e. The van der Waals surface area contributed by atoms with Crippen LogP contribution >= 0.6 is 0 Å². The molecule has 1 atom stereocenters. The SMILES string of the molecule is CC(C)C(NS(=O)(=O)c1ccccc1F)C(=O)OCC(=O)Nc1ccc(CC#N)cc1. The summed E-state index contributed by atoms with van der Waals surface area (Å²) in [5, 5.41) is 11.2. The van der Waals surface area contributed by atoms with E-state index in [-0.39, 0.29) is 6.42 Å². The highest BCUT2D eigenvalue weighted by Gasteiger charge is 2.31. The van der Waals surface area contributed by atoms with Crippen molar-refractivity contribution in [3.63, 3.8) is 0 Å². The van der Waals surface area contributed by atoms with Crippen molar-refractivity contribution in [1.82, 2.24) is 4.72 Å². The molecule has 2 aromatic carbocycles. The molecule has 0 saturated carbocycles. The molecule has 0 bridgehead atoms. The molecule has 0 aliphatic rings. The van der Waals surface area contributed by atoms with Crippen molar-refractivity contribution in [2.75, 3.05) is 11.9 Å². The third kappa shape index (κ3) is 6.87. The summed E-state index contributed by atoms with van der Waals surface area (Å²) in [5.41, 5.74) is 1.23. The summed E-state index contributed by atoms with van der Waals surface area (Å²) in [7, 11) is -4.33. The number of nitriles is 1. The molecule has 0 aromatic heterocycles. The maximum absolute atomic E-state index is 13.9. The minimum Gasteiger partial charge on any atom is -0.454 e. The normalized spacial score (nSPS) is 12.1. The summed E-state index contributed by atoms with van der Waals surface area (Å²) in [6.07, 6.45) is 0.241. The smallest absolute Gasteiger partial charge is 0.324 e. The average molecular weight is 447 g/mol. The molecule has 10 heteroatoms. The van der Waals surface area contributed by atoms with Gasteiger partial charge in [-0.2, -0.15) is 9.98 Å². The highest BCUT2D eigenvalue weighted by atomic mass is 32.2. The van der Waals surface area contributed by atoms with E-state index < -0.39 is 51.2 Å². The number of anilines is 1. The monoisotopic (exact) mass is 447 g/mol. The Hall–Kier alpha value is -3.29. The molecule has 2 N–H and O–H groups in total. The molecule has 2 rings (SSSR count). The number of rotatable bonds is 9. The Morgan fingerprint density at radius 3 is 2.35 bits per heavy atom. The summed E-state index contributed by atoms with van der Waals surface area (Å²) < 4.78 is 45.9. The molecule has 0 heterocycles. The van der Waals surface area contributed by atoms with Gasteiger partial charge in [0, 0.05) is 5.69 Å². The Bertz CT molecular complexity index is 1080. The van der Waals surface area contributed by atoms with Crippen LogP contribution in [0.5, 0.6) is 0 Å². The number of nitrogens with one attached hydrogen (secondary N) is 2. The van der Waals surface area contributed by atoms with Gasteiger partial charge in [0.15, 0.2) is 6.61 Å². The number of carbonyl (C=O) groups excluding carboxylic acids is 2. The van der Waals surface area contributed by atoms with E-state index in [0.29, 0.717) is 5.69 Å². The fraction of sp³-hybridized carbons (Fsp3) is 0.286. The van der Waals surface area contributed by atoms with Crippen LogP contribution in [0.2, 0.25) is 0 Å². The number of hydrogen-bond acceptors (Lipinski definition) is 6. The van der Waals surface area contributed by atoms with Gasteiger partial charge in [-0.1, -0.05) is 38.1 Å². The van der Waals surface area contributed by atoms with Crippen LogP contribution in [0.3, 0.4) is 0 Å². The molecule has 164 valence electrons. The lowest BCUT2D eigenvalue weighted by atomic mass is 10.1. The molecule has 1 amide bonds. The maximum atomic E-state index is 13.9. The van der Waals surface area contributed by atoms with Crippen molar-refractivity contribution in [3.05, 3.63) is 59.9 Å². The number of ether oxygens (including phenoxy) is 1. The first-order valence-electron chi connectivity index (χ1n) is 9.33. The lowest BCUT2D eigenvalue weighted by Crippen LogP contribution is -2.46. The van der Waals surface area contributed by atoms with E-state index in [1.54, 1.807) is 38.1 Å². The van der Waals surface area contributed by atoms with E-state index in [4.69, 9.17) is 10.00 Å². The summed E-state index contributed by atoms with van der Waals surface area (Å²) in [6, 6.07) is 12.0. The Labute approximate surface area is 180 Å². The first kappa shape index (κ1) is 24.0. The minimum absolute atomic E-state index is 0.241. The molecule has 0 spiro atoms. The molecule has 0 aliphatic carbocycles. The predicted molar refractivity (Wildman–Crippen MR) is 111 cm³/mol. The van der Waals surface area contributed by atoms with Crippen LogP contribution in [-0.4, -0.2) is 32.9 Å². The zero-order valence-corrected chi connectivity index (χ0v) is 17.8. The van der Waals surface area contributed by atoms with Gasteiger partial charge in [0.25, 0.3) is 5.91 Å². The topological polar surface area (TPSA) is 125 Å². The standard InChI is InChI=1S/C21H22FN3O5S/c1-14(2)20(25-31(28,29)18-6-4-3-5-17(18)22)21(27)30-13-19(26)24-16-9-7-15(8-10-16)11-12-23/h3-10,14,20,25H,11,13H2,1-2H3,(H,24,26). The predicted octanol–water partition coefficient (Wildman–Crippen LogP) is 2.38. The number of carbonyl (C=O) groups is 2. The van der Waals surface area contributed by atoms with Gasteiger partial charge in [0.05, 0.1) is 12.5 Å². The van der Waals surface area contributed by atoms with Gasteiger partial charge >= 0.3 is 5.97 Å². The highest BCUT2D eigenvalue weighted by Crippen LogP contribution is 2.16. The third-order valence-corrected chi connectivity index (χ3v) is 5.67. The third-order valence-electron chi connectivity index (χ3n) is 4.20. The van der Waals surface area contributed by atoms with Gasteiger partial charge in [0.1, 0.15) is 16.8 Å². The first-order chi connectivity index (χ1) is 14.6. The zero-order chi connectivity index (χ0) is 23.0. The molecule has 0 radical (unpaired) electrons. The van der Waals surface area contributed by atoms with Gasteiger partial charge in [-0.3, -0.25) is 9.59 Å². The second kappa shape index (κ2) is 10.7. The fourth-order valence-corrected chi connectivity index (χ4v) is 3.98. The van der Waals surface area contributed by atoms with Crippen LogP contribution in [0.1, 0.15) is 19.4 Å². The van der Waals surface area contributed by atoms with Crippen LogP contribution in [0, 0.1) is 23.1 Å². The Balaban J connectivity index is 1.98. The van der Waals surface area contributed by atoms with Crippen LogP contribution in [0.25, 0.3) is 0 Å². The van der Waals surface area contributed by atoms with Crippen molar-refractivity contribution in [1.29, 1.82) is 5.26 Å². The second-order valence-electron chi connectivity index (χ2n) is 6.96. The number of esters is 1. The molecule has 0 aliphatic heterocycles. The van der Waals surface area contributed by atoms with Gasteiger partial charge < -0.3 is 10.1 Å². The zero-order valence-electron chi connectivity index (χ0n) is 17.0. The molecular formula is C21H22FN3O5S. The Morgan fingerprint density at radius 2 is 1.77 bits per heavy atom. The molecule has 31 heavy (non-hydrogen) atoms. The average Bonchev–Trinajstić information content (AvgIpc) is 2.72. The molecular weight excluding hydrogens is 425 g/mol. The lowest BCUT2D eigenvalue weighted by molar-refractivity contribution is -0.150. The van der Waals surface area contributed by atoms with Crippen LogP contribution in [0.15, 0.2) is 53.4 Å². The van der Waals surface area contributed by atoms with Crippen molar-refractivity contribution in [2.24, 2.45) is 5.92 Å². The van der Waals surface area contributed by atoms with E-state index in [9.17, 15) is 22.4 Å². The van der Waals surface area contributed by atoms with Crippen LogP contribution < -0.4 is 10.0 Å². The number of benzene rings is 2. The number of amides is 1. The number of hydrogen-bond donors (Lipinski definition) is 2. The Kier molecular flexibility index (Phi) is 8.24. The van der Waals surface area contributed by atoms with E-state index >= 15 is 0 Å². The van der Waals surface area contributed by atoms with Gasteiger partial charge in [-0.25, -0.2) is 12.8 Å². The first-order valence-corrected chi connectivity index (χ1v) is 10.8. The second-order valence-corrected chi connectivity index (χ2v) is 8.64. The van der Waals surface area contributed by atoms with Gasteiger partial charge in [-0.15, -0.1) is 0 Å². The molecule has 0 fully saturated rings. The number of sulfonamides is 1. The fourth-order valence-electron chi connectivity index (χ4n) is 2.57. The quantitative estimate of drug-likeness (QED) is 0.569. The largest absolute Gasteiger partial charge is 0.454 e. The van der Waals surface area contributed by atoms with E-state index in [0.717, 1.165) is 17.7 Å².